The van der Waals surface area contributed by atoms with Gasteiger partial charge in [-0.25, -0.2) is 0 Å². The summed E-state index contributed by atoms with van der Waals surface area (Å²) in [5.74, 6) is 0.731. The molecular formula is C19H20N2O4. The van der Waals surface area contributed by atoms with E-state index < -0.39 is 5.92 Å². The highest BCUT2D eigenvalue weighted by Crippen LogP contribution is 2.34. The molecule has 0 saturated carbocycles. The van der Waals surface area contributed by atoms with Crippen LogP contribution in [0.5, 0.6) is 11.5 Å². The number of fused-ring (bicyclic) bond motifs is 1. The van der Waals surface area contributed by atoms with Gasteiger partial charge in [0.2, 0.25) is 11.8 Å². The van der Waals surface area contributed by atoms with E-state index in [1.54, 1.807) is 19.2 Å². The summed E-state index contributed by atoms with van der Waals surface area (Å²) in [6.45, 7) is 0.729. The molecule has 1 aliphatic heterocycles. The van der Waals surface area contributed by atoms with Crippen molar-refractivity contribution in [1.82, 2.24) is 5.32 Å². The number of ether oxygens (including phenoxy) is 2. The summed E-state index contributed by atoms with van der Waals surface area (Å²) >= 11 is 0. The molecule has 0 bridgehead atoms. The molecule has 0 saturated heterocycles. The number of anilines is 1. The average molecular weight is 340 g/mol. The van der Waals surface area contributed by atoms with Crippen LogP contribution < -0.4 is 20.1 Å². The van der Waals surface area contributed by atoms with Crippen molar-refractivity contribution in [2.45, 2.75) is 12.3 Å². The van der Waals surface area contributed by atoms with Gasteiger partial charge in [-0.15, -0.1) is 0 Å². The first-order valence-electron chi connectivity index (χ1n) is 8.10. The zero-order valence-corrected chi connectivity index (χ0v) is 14.0. The first kappa shape index (κ1) is 16.8. The van der Waals surface area contributed by atoms with Gasteiger partial charge in [0, 0.05) is 12.1 Å². The molecule has 0 aromatic heterocycles. The fourth-order valence-electron chi connectivity index (χ4n) is 2.77. The highest BCUT2D eigenvalue weighted by atomic mass is 16.5. The highest BCUT2D eigenvalue weighted by Gasteiger charge is 2.31. The molecule has 2 N–H and O–H groups in total. The van der Waals surface area contributed by atoms with E-state index in [-0.39, 0.29) is 18.2 Å². The van der Waals surface area contributed by atoms with E-state index in [9.17, 15) is 9.59 Å². The zero-order valence-electron chi connectivity index (χ0n) is 14.0. The van der Waals surface area contributed by atoms with Crippen LogP contribution in [0.4, 0.5) is 5.69 Å². The molecule has 3 rings (SSSR count). The summed E-state index contributed by atoms with van der Waals surface area (Å²) in [7, 11) is 1.61. The Morgan fingerprint density at radius 3 is 2.60 bits per heavy atom. The van der Waals surface area contributed by atoms with Crippen molar-refractivity contribution in [3.8, 4) is 11.5 Å². The van der Waals surface area contributed by atoms with Crippen molar-refractivity contribution in [1.29, 1.82) is 0 Å². The minimum atomic E-state index is -0.432. The number of nitrogens with one attached hydrogen (secondary N) is 2. The summed E-state index contributed by atoms with van der Waals surface area (Å²) in [6.07, 6.45) is 0.130. The fourth-order valence-corrected chi connectivity index (χ4v) is 2.77. The summed E-state index contributed by atoms with van der Waals surface area (Å²) in [5, 5.41) is 5.58. The lowest BCUT2D eigenvalue weighted by molar-refractivity contribution is -0.125. The van der Waals surface area contributed by atoms with Crippen LogP contribution in [0.25, 0.3) is 0 Å². The van der Waals surface area contributed by atoms with Crippen molar-refractivity contribution < 1.29 is 19.1 Å². The molecule has 0 aliphatic carbocycles. The molecule has 2 aromatic rings. The van der Waals surface area contributed by atoms with Gasteiger partial charge in [0.05, 0.1) is 19.6 Å². The van der Waals surface area contributed by atoms with E-state index in [1.165, 1.54) is 0 Å². The summed E-state index contributed by atoms with van der Waals surface area (Å²) in [5.41, 5.74) is 1.66. The maximum atomic E-state index is 12.1. The largest absolute Gasteiger partial charge is 0.497 e. The Morgan fingerprint density at radius 1 is 1.12 bits per heavy atom. The standard InChI is InChI=1S/C19H20N2O4/c1-24-13-6-8-14(9-7-13)25-11-10-20-18(22)12-16-15-4-2-3-5-17(15)21-19(16)23/h2-9,16H,10-12H2,1H3,(H,20,22)(H,21,23). The Morgan fingerprint density at radius 2 is 1.84 bits per heavy atom. The van der Waals surface area contributed by atoms with Crippen LogP contribution in [-0.2, 0) is 9.59 Å². The maximum Gasteiger partial charge on any atom is 0.232 e. The Kier molecular flexibility index (Phi) is 5.18. The van der Waals surface area contributed by atoms with Crippen LogP contribution >= 0.6 is 0 Å². The SMILES string of the molecule is COc1ccc(OCCNC(=O)CC2C(=O)Nc3ccccc32)cc1. The maximum absolute atomic E-state index is 12.1. The second kappa shape index (κ2) is 7.70. The number of para-hydroxylation sites is 1. The lowest BCUT2D eigenvalue weighted by Gasteiger charge is -2.11. The first-order chi connectivity index (χ1) is 12.2. The van der Waals surface area contributed by atoms with Gasteiger partial charge < -0.3 is 20.1 Å². The number of hydrogen-bond donors (Lipinski definition) is 2. The lowest BCUT2D eigenvalue weighted by atomic mass is 9.97. The van der Waals surface area contributed by atoms with Gasteiger partial charge in [0.1, 0.15) is 18.1 Å². The van der Waals surface area contributed by atoms with Crippen LogP contribution in [0, 0.1) is 0 Å². The van der Waals surface area contributed by atoms with Crippen molar-refractivity contribution in [3.63, 3.8) is 0 Å². The van der Waals surface area contributed by atoms with Crippen molar-refractivity contribution in [3.05, 3.63) is 54.1 Å². The smallest absolute Gasteiger partial charge is 0.232 e. The second-order valence-electron chi connectivity index (χ2n) is 5.71. The number of methoxy groups -OCH3 is 1. The predicted molar refractivity (Wildman–Crippen MR) is 93.9 cm³/mol. The minimum Gasteiger partial charge on any atom is -0.497 e. The minimum absolute atomic E-state index is 0.130. The zero-order chi connectivity index (χ0) is 17.6. The van der Waals surface area contributed by atoms with Crippen LogP contribution in [0.1, 0.15) is 17.9 Å². The second-order valence-corrected chi connectivity index (χ2v) is 5.71. The molecule has 1 heterocycles. The molecule has 6 nitrogen and oxygen atoms in total. The fraction of sp³-hybridized carbons (Fsp3) is 0.263. The molecule has 25 heavy (non-hydrogen) atoms. The van der Waals surface area contributed by atoms with E-state index in [0.29, 0.717) is 18.9 Å². The quantitative estimate of drug-likeness (QED) is 0.759. The third-order valence-electron chi connectivity index (χ3n) is 4.05. The average Bonchev–Trinajstić information content (AvgIpc) is 2.95. The monoisotopic (exact) mass is 340 g/mol. The van der Waals surface area contributed by atoms with Crippen LogP contribution in [0.3, 0.4) is 0 Å². The predicted octanol–water partition coefficient (Wildman–Crippen LogP) is 2.32. The van der Waals surface area contributed by atoms with Gasteiger partial charge >= 0.3 is 0 Å². The number of carbonyl (C=O) groups is 2. The Bertz CT molecular complexity index is 758. The van der Waals surface area contributed by atoms with Crippen LogP contribution in [0.15, 0.2) is 48.5 Å². The number of hydrogen-bond acceptors (Lipinski definition) is 4. The van der Waals surface area contributed by atoms with Gasteiger partial charge in [-0.1, -0.05) is 18.2 Å². The summed E-state index contributed by atoms with van der Waals surface area (Å²) in [6, 6.07) is 14.7. The molecule has 1 atom stereocenters. The topological polar surface area (TPSA) is 76.7 Å². The molecule has 130 valence electrons. The molecular weight excluding hydrogens is 320 g/mol. The van der Waals surface area contributed by atoms with Gasteiger partial charge in [-0.3, -0.25) is 9.59 Å². The van der Waals surface area contributed by atoms with Crippen LogP contribution in [-0.4, -0.2) is 32.1 Å². The van der Waals surface area contributed by atoms with E-state index in [0.717, 1.165) is 17.0 Å². The molecule has 6 heteroatoms. The van der Waals surface area contributed by atoms with Crippen LogP contribution in [0.2, 0.25) is 0 Å². The first-order valence-corrected chi connectivity index (χ1v) is 8.10. The van der Waals surface area contributed by atoms with E-state index in [1.807, 2.05) is 36.4 Å². The molecule has 0 radical (unpaired) electrons. The molecule has 2 aromatic carbocycles. The molecule has 0 spiro atoms. The lowest BCUT2D eigenvalue weighted by Crippen LogP contribution is -2.30. The normalized spacial score (nSPS) is 15.2. The Labute approximate surface area is 146 Å². The highest BCUT2D eigenvalue weighted by molar-refractivity contribution is 6.04. The summed E-state index contributed by atoms with van der Waals surface area (Å²) < 4.78 is 10.6. The third-order valence-corrected chi connectivity index (χ3v) is 4.05. The van der Waals surface area contributed by atoms with Gasteiger partial charge in [0.25, 0.3) is 0 Å². The number of carbonyl (C=O) groups excluding carboxylic acids is 2. The number of benzene rings is 2. The van der Waals surface area contributed by atoms with E-state index >= 15 is 0 Å². The summed E-state index contributed by atoms with van der Waals surface area (Å²) in [4.78, 5) is 24.1. The molecule has 1 aliphatic rings. The molecule has 0 fully saturated rings. The van der Waals surface area contributed by atoms with Crippen molar-refractivity contribution >= 4 is 17.5 Å². The van der Waals surface area contributed by atoms with Gasteiger partial charge in [-0.05, 0) is 35.9 Å². The Hall–Kier alpha value is -3.02. The Balaban J connectivity index is 1.43. The van der Waals surface area contributed by atoms with Gasteiger partial charge in [-0.2, -0.15) is 0 Å². The molecule has 1 unspecified atom stereocenters. The number of amides is 2. The van der Waals surface area contributed by atoms with Gasteiger partial charge in [0.15, 0.2) is 0 Å². The van der Waals surface area contributed by atoms with E-state index in [2.05, 4.69) is 10.6 Å². The van der Waals surface area contributed by atoms with Crippen molar-refractivity contribution in [2.24, 2.45) is 0 Å². The van der Waals surface area contributed by atoms with E-state index in [4.69, 9.17) is 9.47 Å². The molecule has 2 amide bonds. The number of rotatable bonds is 7. The van der Waals surface area contributed by atoms with Crippen molar-refractivity contribution in [2.75, 3.05) is 25.6 Å². The third kappa shape index (κ3) is 4.09.